The number of nitrogens with one attached hydrogen (secondary N) is 1. The third-order valence-electron chi connectivity index (χ3n) is 5.06. The summed E-state index contributed by atoms with van der Waals surface area (Å²) in [6.45, 7) is 2.39. The number of sulfone groups is 1. The number of halogens is 1. The minimum absolute atomic E-state index is 0.0887. The molecule has 1 N–H and O–H groups in total. The number of anilines is 1. The van der Waals surface area contributed by atoms with Gasteiger partial charge in [-0.1, -0.05) is 17.7 Å². The van der Waals surface area contributed by atoms with Crippen molar-refractivity contribution in [3.05, 3.63) is 63.3 Å². The lowest BCUT2D eigenvalue weighted by Crippen LogP contribution is -2.23. The fourth-order valence-corrected chi connectivity index (χ4v) is 6.62. The predicted octanol–water partition coefficient (Wildman–Crippen LogP) is 5.12. The average Bonchev–Trinajstić information content (AvgIpc) is 3.18. The largest absolute Gasteiger partial charge is 0.493 e. The third-order valence-corrected chi connectivity index (χ3v) is 8.35. The van der Waals surface area contributed by atoms with E-state index in [1.165, 1.54) is 35.6 Å². The van der Waals surface area contributed by atoms with Crippen LogP contribution in [0.5, 0.6) is 11.5 Å². The lowest BCUT2D eigenvalue weighted by Gasteiger charge is -2.24. The van der Waals surface area contributed by atoms with Crippen LogP contribution in [-0.4, -0.2) is 28.0 Å². The summed E-state index contributed by atoms with van der Waals surface area (Å²) in [6.07, 6.45) is 0.213. The number of thiophene rings is 1. The average molecular weight is 478 g/mol. The van der Waals surface area contributed by atoms with Crippen molar-refractivity contribution in [2.45, 2.75) is 29.1 Å². The van der Waals surface area contributed by atoms with Gasteiger partial charge in [-0.25, -0.2) is 8.42 Å². The molecule has 31 heavy (non-hydrogen) atoms. The van der Waals surface area contributed by atoms with Crippen molar-refractivity contribution in [1.82, 2.24) is 0 Å². The maximum Gasteiger partial charge on any atom is 0.225 e. The molecule has 1 aliphatic rings. The summed E-state index contributed by atoms with van der Waals surface area (Å²) in [5.74, 6) is 0.660. The van der Waals surface area contributed by atoms with Crippen molar-refractivity contribution < 1.29 is 22.7 Å². The second-order valence-electron chi connectivity index (χ2n) is 6.94. The third kappa shape index (κ3) is 4.03. The smallest absolute Gasteiger partial charge is 0.225 e. The molecule has 4 rings (SSSR count). The number of hydrogen-bond donors (Lipinski definition) is 1. The minimum atomic E-state index is -3.82. The van der Waals surface area contributed by atoms with Crippen molar-refractivity contribution in [2.24, 2.45) is 0 Å². The van der Waals surface area contributed by atoms with E-state index in [0.29, 0.717) is 28.8 Å². The minimum Gasteiger partial charge on any atom is -0.493 e. The molecule has 0 bridgehead atoms. The molecule has 0 unspecified atom stereocenters. The number of ether oxygens (including phenoxy) is 2. The van der Waals surface area contributed by atoms with Gasteiger partial charge in [-0.05, 0) is 48.9 Å². The van der Waals surface area contributed by atoms with Crippen molar-refractivity contribution in [3.63, 3.8) is 0 Å². The van der Waals surface area contributed by atoms with E-state index < -0.39 is 9.84 Å². The Bertz CT molecular complexity index is 1240. The van der Waals surface area contributed by atoms with Gasteiger partial charge < -0.3 is 14.8 Å². The molecule has 0 radical (unpaired) electrons. The van der Waals surface area contributed by atoms with Crippen LogP contribution in [0.15, 0.2) is 57.6 Å². The van der Waals surface area contributed by atoms with Crippen molar-refractivity contribution in [3.8, 4) is 11.5 Å². The van der Waals surface area contributed by atoms with Gasteiger partial charge in [0.05, 0.1) is 24.3 Å². The highest BCUT2D eigenvalue weighted by Crippen LogP contribution is 2.47. The van der Waals surface area contributed by atoms with Crippen LogP contribution in [0.25, 0.3) is 0 Å². The summed E-state index contributed by atoms with van der Waals surface area (Å²) in [7, 11) is -2.26. The summed E-state index contributed by atoms with van der Waals surface area (Å²) < 4.78 is 37.5. The molecule has 3 aromatic rings. The van der Waals surface area contributed by atoms with Crippen molar-refractivity contribution in [2.75, 3.05) is 19.0 Å². The fraction of sp³-hybridized carbons (Fsp3) is 0.227. The van der Waals surface area contributed by atoms with Crippen molar-refractivity contribution >= 4 is 44.4 Å². The van der Waals surface area contributed by atoms with Gasteiger partial charge in [0.2, 0.25) is 15.7 Å². The number of rotatable bonds is 6. The molecule has 2 aromatic carbocycles. The van der Waals surface area contributed by atoms with Crippen LogP contribution in [0.3, 0.4) is 0 Å². The van der Waals surface area contributed by atoms with Gasteiger partial charge in [-0.3, -0.25) is 4.79 Å². The van der Waals surface area contributed by atoms with Gasteiger partial charge in [0.1, 0.15) is 4.90 Å². The summed E-state index contributed by atoms with van der Waals surface area (Å²) in [6, 6.07) is 11.5. The lowest BCUT2D eigenvalue weighted by atomic mass is 9.90. The second-order valence-corrected chi connectivity index (χ2v) is 10.2. The highest BCUT2D eigenvalue weighted by Gasteiger charge is 2.34. The molecule has 1 atom stereocenters. The number of methoxy groups -OCH3 is 1. The zero-order chi connectivity index (χ0) is 22.2. The maximum absolute atomic E-state index is 13.2. The molecular formula is C22H20ClNO5S2. The van der Waals surface area contributed by atoms with Crippen LogP contribution in [0.2, 0.25) is 5.02 Å². The molecule has 0 spiro atoms. The predicted molar refractivity (Wildman–Crippen MR) is 120 cm³/mol. The van der Waals surface area contributed by atoms with Gasteiger partial charge in [0.25, 0.3) is 0 Å². The monoisotopic (exact) mass is 477 g/mol. The standard InChI is InChI=1S/C22H20ClNO5S2/c1-3-29-17-9-4-13(10-18(17)28-2)16-11-20(25)24-21-19(12-30-22(16)21)31(26,27)15-7-5-14(23)6-8-15/h4-10,12,16H,3,11H2,1-2H3,(H,24,25)/t16-/m0/s1. The number of carbonyl (C=O) groups is 1. The van der Waals surface area contributed by atoms with E-state index in [2.05, 4.69) is 5.32 Å². The summed E-state index contributed by atoms with van der Waals surface area (Å²) in [5.41, 5.74) is 1.20. The molecule has 9 heteroatoms. The highest BCUT2D eigenvalue weighted by atomic mass is 35.5. The zero-order valence-corrected chi connectivity index (χ0v) is 19.2. The molecule has 1 amide bonds. The first kappa shape index (κ1) is 21.7. The summed E-state index contributed by atoms with van der Waals surface area (Å²) >= 11 is 7.21. The van der Waals surface area contributed by atoms with E-state index in [1.807, 2.05) is 25.1 Å². The van der Waals surface area contributed by atoms with E-state index in [1.54, 1.807) is 12.5 Å². The van der Waals surface area contributed by atoms with Crippen LogP contribution in [0.1, 0.15) is 29.7 Å². The van der Waals surface area contributed by atoms with Gasteiger partial charge in [0, 0.05) is 27.6 Å². The fourth-order valence-electron chi connectivity index (χ4n) is 3.59. The van der Waals surface area contributed by atoms with Crippen LogP contribution < -0.4 is 14.8 Å². The van der Waals surface area contributed by atoms with Gasteiger partial charge in [-0.2, -0.15) is 0 Å². The molecule has 0 aliphatic carbocycles. The van der Waals surface area contributed by atoms with Gasteiger partial charge in [0.15, 0.2) is 11.5 Å². The summed E-state index contributed by atoms with van der Waals surface area (Å²) in [5, 5.41) is 4.80. The molecule has 6 nitrogen and oxygen atoms in total. The second kappa shape index (κ2) is 8.53. The van der Waals surface area contributed by atoms with E-state index in [0.717, 1.165) is 10.4 Å². The molecule has 2 heterocycles. The Balaban J connectivity index is 1.78. The first-order chi connectivity index (χ1) is 14.8. The Kier molecular flexibility index (Phi) is 5.96. The number of fused-ring (bicyclic) bond motifs is 1. The number of hydrogen-bond acceptors (Lipinski definition) is 6. The Morgan fingerprint density at radius 2 is 1.90 bits per heavy atom. The molecule has 1 aliphatic heterocycles. The molecular weight excluding hydrogens is 458 g/mol. The van der Waals surface area contributed by atoms with E-state index in [4.69, 9.17) is 21.1 Å². The van der Waals surface area contributed by atoms with Crippen molar-refractivity contribution in [1.29, 1.82) is 0 Å². The van der Waals surface area contributed by atoms with Gasteiger partial charge in [-0.15, -0.1) is 11.3 Å². The molecule has 0 fully saturated rings. The first-order valence-electron chi connectivity index (χ1n) is 9.57. The Hall–Kier alpha value is -2.55. The van der Waals surface area contributed by atoms with Crippen LogP contribution in [-0.2, 0) is 14.6 Å². The lowest BCUT2D eigenvalue weighted by molar-refractivity contribution is -0.116. The Labute approximate surface area is 189 Å². The maximum atomic E-state index is 13.2. The van der Waals surface area contributed by atoms with Crippen LogP contribution in [0, 0.1) is 0 Å². The highest BCUT2D eigenvalue weighted by molar-refractivity contribution is 7.91. The Morgan fingerprint density at radius 3 is 2.58 bits per heavy atom. The number of benzene rings is 2. The molecule has 0 saturated carbocycles. The number of amides is 1. The summed E-state index contributed by atoms with van der Waals surface area (Å²) in [4.78, 5) is 13.5. The quantitative estimate of drug-likeness (QED) is 0.533. The first-order valence-corrected chi connectivity index (χ1v) is 12.3. The van der Waals surface area contributed by atoms with E-state index >= 15 is 0 Å². The van der Waals surface area contributed by atoms with Crippen LogP contribution >= 0.6 is 22.9 Å². The van der Waals surface area contributed by atoms with Crippen LogP contribution in [0.4, 0.5) is 5.69 Å². The molecule has 162 valence electrons. The SMILES string of the molecule is CCOc1ccc([C@@H]2CC(=O)Nc3c(S(=O)(=O)c4ccc(Cl)cc4)csc32)cc1OC. The van der Waals surface area contributed by atoms with E-state index in [-0.39, 0.29) is 28.0 Å². The normalized spacial score (nSPS) is 15.8. The Morgan fingerprint density at radius 1 is 1.16 bits per heavy atom. The molecule has 0 saturated heterocycles. The van der Waals surface area contributed by atoms with Gasteiger partial charge >= 0.3 is 0 Å². The zero-order valence-electron chi connectivity index (χ0n) is 16.8. The van der Waals surface area contributed by atoms with E-state index in [9.17, 15) is 13.2 Å². The number of carbonyl (C=O) groups excluding carboxylic acids is 1. The topological polar surface area (TPSA) is 81.7 Å². The molecule has 1 aromatic heterocycles.